The van der Waals surface area contributed by atoms with Crippen LogP contribution in [0.4, 0.5) is 4.39 Å². The van der Waals surface area contributed by atoms with Crippen molar-refractivity contribution in [3.8, 4) is 17.2 Å². The zero-order valence-electron chi connectivity index (χ0n) is 23.4. The van der Waals surface area contributed by atoms with Gasteiger partial charge in [0.2, 0.25) is 0 Å². The molecule has 0 saturated heterocycles. The third-order valence-electron chi connectivity index (χ3n) is 6.69. The first-order chi connectivity index (χ1) is 18.4. The molecule has 0 heterocycles. The fraction of sp³-hybridized carbons (Fsp3) is 0.562. The van der Waals surface area contributed by atoms with Crippen molar-refractivity contribution in [3.05, 3.63) is 53.8 Å². The molecule has 0 fully saturated rings. The normalized spacial score (nSPS) is 11.7. The molecule has 0 aliphatic heterocycles. The number of carbonyl (C=O) groups is 2. The van der Waals surface area contributed by atoms with Gasteiger partial charge in [0.25, 0.3) is 0 Å². The Bertz CT molecular complexity index is 957. The molecule has 2 rings (SSSR count). The van der Waals surface area contributed by atoms with Crippen LogP contribution in [-0.4, -0.2) is 18.5 Å². The average molecular weight is 529 g/mol. The summed E-state index contributed by atoms with van der Waals surface area (Å²) in [5, 5.41) is 0. The number of rotatable bonds is 19. The largest absolute Gasteiger partial charge is 0.491 e. The number of carbonyl (C=O) groups excluding carboxylic acids is 2. The fourth-order valence-electron chi connectivity index (χ4n) is 4.00. The number of hydrogen-bond donors (Lipinski definition) is 0. The van der Waals surface area contributed by atoms with Gasteiger partial charge in [-0.3, -0.25) is 4.79 Å². The Balaban J connectivity index is 1.64. The smallest absolute Gasteiger partial charge is 0.343 e. The minimum absolute atomic E-state index is 0.0903. The number of hydrogen-bond acceptors (Lipinski definition) is 5. The highest BCUT2D eigenvalue weighted by Gasteiger charge is 2.15. The van der Waals surface area contributed by atoms with Crippen LogP contribution in [0.3, 0.4) is 0 Å². The first-order valence-electron chi connectivity index (χ1n) is 14.4. The Labute approximate surface area is 228 Å². The maximum absolute atomic E-state index is 14.5. The summed E-state index contributed by atoms with van der Waals surface area (Å²) >= 11 is 0. The summed E-state index contributed by atoms with van der Waals surface area (Å²) < 4.78 is 30.7. The van der Waals surface area contributed by atoms with Gasteiger partial charge in [0.05, 0.1) is 18.1 Å². The van der Waals surface area contributed by atoms with E-state index in [0.717, 1.165) is 18.9 Å². The Kier molecular flexibility index (Phi) is 15.1. The molecule has 0 bridgehead atoms. The topological polar surface area (TPSA) is 61.8 Å². The number of benzene rings is 2. The molecule has 0 radical (unpaired) electrons. The first-order valence-corrected chi connectivity index (χ1v) is 14.4. The van der Waals surface area contributed by atoms with Crippen molar-refractivity contribution in [1.82, 2.24) is 0 Å². The summed E-state index contributed by atoms with van der Waals surface area (Å²) in [6.07, 6.45) is 15.8. The van der Waals surface area contributed by atoms with E-state index in [0.29, 0.717) is 18.8 Å². The van der Waals surface area contributed by atoms with Gasteiger partial charge in [-0.05, 0) is 55.3 Å². The van der Waals surface area contributed by atoms with E-state index in [9.17, 15) is 14.0 Å². The lowest BCUT2D eigenvalue weighted by Gasteiger charge is -2.10. The molecule has 1 atom stereocenters. The molecule has 0 aromatic heterocycles. The number of unbranched alkanes of at least 4 members (excludes halogenated alkanes) is 11. The zero-order chi connectivity index (χ0) is 27.6. The molecule has 0 spiro atoms. The van der Waals surface area contributed by atoms with Crippen LogP contribution in [0.15, 0.2) is 42.5 Å². The summed E-state index contributed by atoms with van der Waals surface area (Å²) in [5.74, 6) is -1.00. The quantitative estimate of drug-likeness (QED) is 0.103. The van der Waals surface area contributed by atoms with E-state index in [1.165, 1.54) is 88.5 Å². The summed E-state index contributed by atoms with van der Waals surface area (Å²) in [4.78, 5) is 24.3. The minimum atomic E-state index is -0.680. The molecule has 38 heavy (non-hydrogen) atoms. The van der Waals surface area contributed by atoms with Crippen molar-refractivity contribution in [2.45, 2.75) is 104 Å². The Hall–Kier alpha value is -2.89. The van der Waals surface area contributed by atoms with Crippen molar-refractivity contribution in [2.75, 3.05) is 6.61 Å². The summed E-state index contributed by atoms with van der Waals surface area (Å²) in [6.45, 7) is 6.41. The van der Waals surface area contributed by atoms with Gasteiger partial charge in [0, 0.05) is 0 Å². The predicted molar refractivity (Wildman–Crippen MR) is 149 cm³/mol. The molecular formula is C32H45FO5. The molecule has 0 amide bonds. The van der Waals surface area contributed by atoms with Crippen molar-refractivity contribution in [1.29, 1.82) is 0 Å². The highest BCUT2D eigenvalue weighted by Crippen LogP contribution is 2.23. The number of esters is 2. The highest BCUT2D eigenvalue weighted by atomic mass is 19.1. The van der Waals surface area contributed by atoms with Gasteiger partial charge in [-0.1, -0.05) is 91.4 Å². The van der Waals surface area contributed by atoms with Crippen molar-refractivity contribution < 1.29 is 28.2 Å². The van der Waals surface area contributed by atoms with Gasteiger partial charge in [-0.2, -0.15) is 0 Å². The lowest BCUT2D eigenvalue weighted by atomic mass is 10.1. The van der Waals surface area contributed by atoms with Gasteiger partial charge in [0.15, 0.2) is 11.6 Å². The number of halogens is 1. The lowest BCUT2D eigenvalue weighted by molar-refractivity contribution is -0.138. The first kappa shape index (κ1) is 31.3. The maximum atomic E-state index is 14.5. The van der Waals surface area contributed by atoms with E-state index in [1.54, 1.807) is 19.1 Å². The van der Waals surface area contributed by atoms with E-state index in [4.69, 9.17) is 14.2 Å². The van der Waals surface area contributed by atoms with Crippen LogP contribution < -0.4 is 14.2 Å². The Morgan fingerprint density at radius 1 is 0.737 bits per heavy atom. The molecule has 0 aliphatic rings. The highest BCUT2D eigenvalue weighted by molar-refractivity contribution is 5.91. The molecule has 210 valence electrons. The minimum Gasteiger partial charge on any atom is -0.491 e. The zero-order valence-corrected chi connectivity index (χ0v) is 23.4. The van der Waals surface area contributed by atoms with E-state index in [2.05, 4.69) is 6.92 Å². The summed E-state index contributed by atoms with van der Waals surface area (Å²) in [5.41, 5.74) is 0.0903. The second-order valence-corrected chi connectivity index (χ2v) is 9.97. The van der Waals surface area contributed by atoms with Crippen LogP contribution in [0.5, 0.6) is 17.2 Å². The van der Waals surface area contributed by atoms with E-state index >= 15 is 0 Å². The summed E-state index contributed by atoms with van der Waals surface area (Å²) in [7, 11) is 0. The predicted octanol–water partition coefficient (Wildman–Crippen LogP) is 9.08. The lowest BCUT2D eigenvalue weighted by Crippen LogP contribution is -2.16. The molecule has 6 heteroatoms. The van der Waals surface area contributed by atoms with Gasteiger partial charge < -0.3 is 14.2 Å². The van der Waals surface area contributed by atoms with Crippen LogP contribution in [0.1, 0.15) is 115 Å². The number of ether oxygens (including phenoxy) is 3. The van der Waals surface area contributed by atoms with Crippen molar-refractivity contribution in [2.24, 2.45) is 5.92 Å². The monoisotopic (exact) mass is 528 g/mol. The molecule has 5 nitrogen and oxygen atoms in total. The molecule has 2 aromatic carbocycles. The third kappa shape index (κ3) is 12.1. The van der Waals surface area contributed by atoms with E-state index < -0.39 is 11.8 Å². The van der Waals surface area contributed by atoms with E-state index in [-0.39, 0.29) is 28.9 Å². The Morgan fingerprint density at radius 2 is 1.26 bits per heavy atom. The molecule has 0 N–H and O–H groups in total. The Morgan fingerprint density at radius 3 is 1.79 bits per heavy atom. The van der Waals surface area contributed by atoms with Crippen LogP contribution in [-0.2, 0) is 4.79 Å². The van der Waals surface area contributed by atoms with Gasteiger partial charge in [-0.15, -0.1) is 0 Å². The standard InChI is InChI=1S/C32H45FO5/c1-4-6-7-8-9-10-11-12-13-14-15-16-23-36-30-22-17-26(24-29(30)33)32(35)38-28-20-18-27(19-21-28)37-31(34)25(3)5-2/h17-22,24-25H,4-16,23H2,1-3H3/t25-/m0/s1. The molecule has 0 unspecified atom stereocenters. The molecule has 0 aliphatic carbocycles. The second kappa shape index (κ2) is 18.4. The van der Waals surface area contributed by atoms with Crippen molar-refractivity contribution in [3.63, 3.8) is 0 Å². The van der Waals surface area contributed by atoms with Crippen LogP contribution in [0.25, 0.3) is 0 Å². The van der Waals surface area contributed by atoms with Crippen LogP contribution >= 0.6 is 0 Å². The van der Waals surface area contributed by atoms with Gasteiger partial charge in [0.1, 0.15) is 11.5 Å². The van der Waals surface area contributed by atoms with Gasteiger partial charge in [-0.25, -0.2) is 9.18 Å². The average Bonchev–Trinajstić information content (AvgIpc) is 2.92. The maximum Gasteiger partial charge on any atom is 0.343 e. The second-order valence-electron chi connectivity index (χ2n) is 9.97. The molecule has 2 aromatic rings. The van der Waals surface area contributed by atoms with E-state index in [1.807, 2.05) is 6.92 Å². The van der Waals surface area contributed by atoms with Crippen molar-refractivity contribution >= 4 is 11.9 Å². The summed E-state index contributed by atoms with van der Waals surface area (Å²) in [6, 6.07) is 10.2. The fourth-order valence-corrected chi connectivity index (χ4v) is 4.00. The van der Waals surface area contributed by atoms with Crippen LogP contribution in [0, 0.1) is 11.7 Å². The van der Waals surface area contributed by atoms with Crippen LogP contribution in [0.2, 0.25) is 0 Å². The third-order valence-corrected chi connectivity index (χ3v) is 6.69. The van der Waals surface area contributed by atoms with Gasteiger partial charge >= 0.3 is 11.9 Å². The SMILES string of the molecule is CCCCCCCCCCCCCCOc1ccc(C(=O)Oc2ccc(OC(=O)[C@@H](C)CC)cc2)cc1F. The molecule has 0 saturated carbocycles. The molecular weight excluding hydrogens is 483 g/mol.